The summed E-state index contributed by atoms with van der Waals surface area (Å²) in [5.74, 6) is 1.01. The van der Waals surface area contributed by atoms with Gasteiger partial charge in [0.15, 0.2) is 0 Å². The van der Waals surface area contributed by atoms with Crippen molar-refractivity contribution < 1.29 is 4.42 Å². The Kier molecular flexibility index (Phi) is 7.48. The Bertz CT molecular complexity index is 3180. The number of benzene rings is 9. The lowest BCUT2D eigenvalue weighted by atomic mass is 9.73. The molecule has 0 saturated carbocycles. The maximum Gasteiger partial charge on any atom is 0.135 e. The van der Waals surface area contributed by atoms with Gasteiger partial charge in [-0.25, -0.2) is 0 Å². The van der Waals surface area contributed by atoms with Gasteiger partial charge < -0.3 is 9.32 Å². The molecule has 0 bridgehead atoms. The number of para-hydroxylation sites is 2. The zero-order valence-corrected chi connectivity index (χ0v) is 32.2. The smallest absolute Gasteiger partial charge is 0.135 e. The predicted molar refractivity (Wildman–Crippen MR) is 244 cm³/mol. The highest BCUT2D eigenvalue weighted by molar-refractivity contribution is 6.04. The highest BCUT2D eigenvalue weighted by Gasteiger charge is 2.55. The number of hydrogen-bond donors (Lipinski definition) is 0. The van der Waals surface area contributed by atoms with E-state index in [4.69, 9.17) is 4.42 Å². The van der Waals surface area contributed by atoms with Crippen molar-refractivity contribution in [2.24, 2.45) is 0 Å². The molecule has 0 aliphatic heterocycles. The van der Waals surface area contributed by atoms with Crippen LogP contribution in [-0.2, 0) is 5.41 Å². The van der Waals surface area contributed by atoms with Gasteiger partial charge in [-0.15, -0.1) is 0 Å². The fourth-order valence-electron chi connectivity index (χ4n) is 9.84. The summed E-state index contributed by atoms with van der Waals surface area (Å²) in [6.45, 7) is 0. The van der Waals surface area contributed by atoms with E-state index in [-0.39, 0.29) is 0 Å². The number of hydrogen-bond acceptors (Lipinski definition) is 2. The summed E-state index contributed by atoms with van der Waals surface area (Å²) in [5, 5.41) is 1.16. The number of nitrogens with zero attached hydrogens (tertiary/aromatic N) is 1. The Hall–Kier alpha value is -7.68. The topological polar surface area (TPSA) is 16.4 Å². The van der Waals surface area contributed by atoms with Crippen molar-refractivity contribution in [1.82, 2.24) is 0 Å². The van der Waals surface area contributed by atoms with Crippen LogP contribution < -0.4 is 4.90 Å². The van der Waals surface area contributed by atoms with Gasteiger partial charge in [0.25, 0.3) is 0 Å². The minimum absolute atomic E-state index is 0.588. The lowest BCUT2D eigenvalue weighted by molar-refractivity contribution is 0.507. The number of fused-ring (bicyclic) bond motifs is 12. The van der Waals surface area contributed by atoms with Gasteiger partial charge in [0.1, 0.15) is 16.8 Å². The Morgan fingerprint density at radius 3 is 1.41 bits per heavy atom. The molecule has 2 nitrogen and oxygen atoms in total. The van der Waals surface area contributed by atoms with Gasteiger partial charge >= 0.3 is 0 Å². The minimum Gasteiger partial charge on any atom is -0.459 e. The first-order valence-electron chi connectivity index (χ1n) is 20.3. The summed E-state index contributed by atoms with van der Waals surface area (Å²) in [6.07, 6.45) is 0. The fourth-order valence-corrected chi connectivity index (χ4v) is 9.84. The van der Waals surface area contributed by atoms with E-state index in [0.717, 1.165) is 33.8 Å². The molecule has 0 amide bonds. The molecule has 1 heterocycles. The number of anilines is 3. The van der Waals surface area contributed by atoms with E-state index in [9.17, 15) is 0 Å². The normalized spacial score (nSPS) is 14.5. The molecule has 2 aliphatic carbocycles. The molecule has 1 atom stereocenters. The van der Waals surface area contributed by atoms with Crippen LogP contribution in [0.3, 0.4) is 0 Å². The molecule has 2 heteroatoms. The van der Waals surface area contributed by atoms with Gasteiger partial charge in [-0.05, 0) is 109 Å². The monoisotopic (exact) mass is 751 g/mol. The second-order valence-electron chi connectivity index (χ2n) is 15.6. The number of rotatable bonds is 6. The maximum atomic E-state index is 7.01. The third-order valence-electron chi connectivity index (χ3n) is 12.5. The molecule has 2 aliphatic rings. The van der Waals surface area contributed by atoms with Crippen LogP contribution in [0.2, 0.25) is 0 Å². The van der Waals surface area contributed by atoms with Crippen molar-refractivity contribution in [3.05, 3.63) is 247 Å². The molecule has 0 radical (unpaired) electrons. The maximum absolute atomic E-state index is 7.01. The van der Waals surface area contributed by atoms with Crippen LogP contribution in [0.4, 0.5) is 17.1 Å². The first kappa shape index (κ1) is 33.5. The highest BCUT2D eigenvalue weighted by Crippen LogP contribution is 2.65. The summed E-state index contributed by atoms with van der Waals surface area (Å²) in [4.78, 5) is 2.38. The quantitative estimate of drug-likeness (QED) is 0.168. The lowest BCUT2D eigenvalue weighted by Gasteiger charge is -2.30. The van der Waals surface area contributed by atoms with E-state index in [0.29, 0.717) is 0 Å². The van der Waals surface area contributed by atoms with Crippen LogP contribution in [-0.4, -0.2) is 0 Å². The van der Waals surface area contributed by atoms with E-state index in [1.165, 1.54) is 72.3 Å². The van der Waals surface area contributed by atoms with Crippen molar-refractivity contribution >= 4 is 28.0 Å². The van der Waals surface area contributed by atoms with Gasteiger partial charge in [0.2, 0.25) is 0 Å². The highest BCUT2D eigenvalue weighted by atomic mass is 16.3. The first-order chi connectivity index (χ1) is 29.3. The standard InChI is InChI=1S/C57H37NO/c1-3-13-38(14-4-1)39-23-25-40(26-24-39)41-27-29-42(30-28-41)43-31-33-45(34-32-43)58(44-15-5-2-6-16-44)46-35-36-48-47-17-7-10-20-51(47)57(53(48)37-46)52-21-11-8-18-49(52)55-50-19-9-12-22-54(50)59-56(55)57/h1-37H. The summed E-state index contributed by atoms with van der Waals surface area (Å²) in [6, 6.07) is 81.3. The first-order valence-corrected chi connectivity index (χ1v) is 20.3. The Morgan fingerprint density at radius 2 is 0.763 bits per heavy atom. The molecule has 0 N–H and O–H groups in total. The molecular formula is C57H37NO. The van der Waals surface area contributed by atoms with Crippen molar-refractivity contribution in [2.45, 2.75) is 5.41 Å². The molecule has 10 aromatic rings. The van der Waals surface area contributed by atoms with E-state index >= 15 is 0 Å². The summed E-state index contributed by atoms with van der Waals surface area (Å²) >= 11 is 0. The molecular weight excluding hydrogens is 715 g/mol. The zero-order chi connectivity index (χ0) is 38.9. The fraction of sp³-hybridized carbons (Fsp3) is 0.0175. The third-order valence-corrected chi connectivity index (χ3v) is 12.5. The molecule has 59 heavy (non-hydrogen) atoms. The van der Waals surface area contributed by atoms with Gasteiger partial charge in [-0.3, -0.25) is 0 Å². The Labute approximate surface area is 343 Å². The largest absolute Gasteiger partial charge is 0.459 e. The molecule has 1 spiro atoms. The summed E-state index contributed by atoms with van der Waals surface area (Å²) in [5.41, 5.74) is 19.6. The molecule has 0 fully saturated rings. The van der Waals surface area contributed by atoms with Crippen molar-refractivity contribution in [2.75, 3.05) is 4.90 Å². The molecule has 1 aromatic heterocycles. The Morgan fingerprint density at radius 1 is 0.322 bits per heavy atom. The van der Waals surface area contributed by atoms with Crippen LogP contribution in [0, 0.1) is 0 Å². The third kappa shape index (κ3) is 5.06. The molecule has 12 rings (SSSR count). The van der Waals surface area contributed by atoms with Crippen molar-refractivity contribution in [3.63, 3.8) is 0 Å². The second kappa shape index (κ2) is 13.2. The molecule has 276 valence electrons. The van der Waals surface area contributed by atoms with Gasteiger partial charge in [-0.1, -0.05) is 182 Å². The van der Waals surface area contributed by atoms with Gasteiger partial charge in [-0.2, -0.15) is 0 Å². The van der Waals surface area contributed by atoms with Crippen LogP contribution in [0.15, 0.2) is 229 Å². The molecule has 9 aromatic carbocycles. The van der Waals surface area contributed by atoms with Gasteiger partial charge in [0.05, 0.1) is 0 Å². The summed E-state index contributed by atoms with van der Waals surface area (Å²) < 4.78 is 7.01. The van der Waals surface area contributed by atoms with Crippen LogP contribution >= 0.6 is 0 Å². The SMILES string of the molecule is c1ccc(-c2ccc(-c3ccc(-c4ccc(N(c5ccccc5)c5ccc6c(c5)C5(c7ccccc7-6)c6ccccc6-c6c5oc5ccccc65)cc4)cc3)cc2)cc1. The second-order valence-corrected chi connectivity index (χ2v) is 15.6. The predicted octanol–water partition coefficient (Wildman–Crippen LogP) is 15.2. The van der Waals surface area contributed by atoms with E-state index in [1.807, 2.05) is 0 Å². The summed E-state index contributed by atoms with van der Waals surface area (Å²) in [7, 11) is 0. The van der Waals surface area contributed by atoms with Crippen molar-refractivity contribution in [3.8, 4) is 55.6 Å². The van der Waals surface area contributed by atoms with Crippen LogP contribution in [0.5, 0.6) is 0 Å². The number of furan rings is 1. The van der Waals surface area contributed by atoms with Crippen molar-refractivity contribution in [1.29, 1.82) is 0 Å². The Balaban J connectivity index is 0.944. The van der Waals surface area contributed by atoms with Gasteiger partial charge in [0, 0.05) is 28.0 Å². The van der Waals surface area contributed by atoms with E-state index in [1.54, 1.807) is 0 Å². The van der Waals surface area contributed by atoms with Crippen LogP contribution in [0.25, 0.3) is 66.6 Å². The minimum atomic E-state index is -0.588. The van der Waals surface area contributed by atoms with E-state index in [2.05, 4.69) is 229 Å². The lowest BCUT2D eigenvalue weighted by Crippen LogP contribution is -2.25. The molecule has 1 unspecified atom stereocenters. The average Bonchev–Trinajstić information content (AvgIpc) is 3.94. The van der Waals surface area contributed by atoms with E-state index < -0.39 is 5.41 Å². The molecule has 0 saturated heterocycles. The average molecular weight is 752 g/mol. The zero-order valence-electron chi connectivity index (χ0n) is 32.2. The van der Waals surface area contributed by atoms with Crippen LogP contribution in [0.1, 0.15) is 22.5 Å².